The van der Waals surface area contributed by atoms with E-state index in [-0.39, 0.29) is 6.54 Å². The molecule has 5 nitrogen and oxygen atoms in total. The van der Waals surface area contributed by atoms with E-state index >= 15 is 0 Å². The number of unbranched alkanes of at least 4 members (excludes halogenated alkanes) is 9. The van der Waals surface area contributed by atoms with Gasteiger partial charge in [-0.2, -0.15) is 8.42 Å². The predicted octanol–water partition coefficient (Wildman–Crippen LogP) is 3.44. The second-order valence-electron chi connectivity index (χ2n) is 5.35. The van der Waals surface area contributed by atoms with Crippen molar-refractivity contribution in [2.45, 2.75) is 83.7 Å². The molecule has 0 aromatic carbocycles. The summed E-state index contributed by atoms with van der Waals surface area (Å²) in [4.78, 5) is 0. The molecule has 0 saturated heterocycles. The summed E-state index contributed by atoms with van der Waals surface area (Å²) in [5.41, 5.74) is 5.40. The highest BCUT2D eigenvalue weighted by Gasteiger charge is 2.14. The molecule has 0 amide bonds. The SMILES string of the molecule is CCCCCCCCCCCCC(CN)OS(=O)(=O)O. The molecule has 6 heteroatoms. The molecule has 0 bridgehead atoms. The Hall–Kier alpha value is -0.170. The van der Waals surface area contributed by atoms with Gasteiger partial charge in [0, 0.05) is 6.54 Å². The van der Waals surface area contributed by atoms with Gasteiger partial charge in [-0.15, -0.1) is 0 Å². The maximum absolute atomic E-state index is 10.6. The first kappa shape index (κ1) is 19.8. The summed E-state index contributed by atoms with van der Waals surface area (Å²) < 4.78 is 34.2. The van der Waals surface area contributed by atoms with Crippen LogP contribution in [0.25, 0.3) is 0 Å². The van der Waals surface area contributed by atoms with Gasteiger partial charge in [0.25, 0.3) is 0 Å². The van der Waals surface area contributed by atoms with E-state index in [1.165, 1.54) is 44.9 Å². The van der Waals surface area contributed by atoms with Crippen molar-refractivity contribution >= 4 is 10.4 Å². The minimum atomic E-state index is -4.38. The van der Waals surface area contributed by atoms with Crippen LogP contribution in [-0.2, 0) is 14.6 Å². The first-order chi connectivity index (χ1) is 9.49. The van der Waals surface area contributed by atoms with Gasteiger partial charge in [-0.1, -0.05) is 71.1 Å². The van der Waals surface area contributed by atoms with E-state index in [9.17, 15) is 8.42 Å². The normalized spacial score (nSPS) is 13.6. The van der Waals surface area contributed by atoms with Gasteiger partial charge in [0.2, 0.25) is 0 Å². The van der Waals surface area contributed by atoms with E-state index in [1.807, 2.05) is 0 Å². The number of rotatable bonds is 14. The van der Waals surface area contributed by atoms with E-state index < -0.39 is 16.5 Å². The Labute approximate surface area is 124 Å². The molecule has 0 spiro atoms. The van der Waals surface area contributed by atoms with Gasteiger partial charge in [-0.3, -0.25) is 4.55 Å². The lowest BCUT2D eigenvalue weighted by Crippen LogP contribution is -2.26. The van der Waals surface area contributed by atoms with Crippen molar-refractivity contribution in [3.63, 3.8) is 0 Å². The zero-order chi connectivity index (χ0) is 15.3. The summed E-state index contributed by atoms with van der Waals surface area (Å²) in [6.07, 6.45) is 12.2. The van der Waals surface area contributed by atoms with Crippen LogP contribution in [0.5, 0.6) is 0 Å². The van der Waals surface area contributed by atoms with Crippen LogP contribution < -0.4 is 5.73 Å². The lowest BCUT2D eigenvalue weighted by atomic mass is 10.0. The lowest BCUT2D eigenvalue weighted by molar-refractivity contribution is 0.176. The summed E-state index contributed by atoms with van der Waals surface area (Å²) in [6.45, 7) is 2.33. The van der Waals surface area contributed by atoms with E-state index in [4.69, 9.17) is 10.3 Å². The molecule has 0 aliphatic rings. The average Bonchev–Trinajstić information content (AvgIpc) is 2.38. The minimum Gasteiger partial charge on any atom is -0.328 e. The van der Waals surface area contributed by atoms with Gasteiger partial charge in [0.15, 0.2) is 0 Å². The molecular formula is C14H31NO4S. The molecule has 1 atom stereocenters. The average molecular weight is 309 g/mol. The number of hydrogen-bond acceptors (Lipinski definition) is 4. The molecule has 0 heterocycles. The van der Waals surface area contributed by atoms with Gasteiger partial charge in [0.1, 0.15) is 0 Å². The van der Waals surface area contributed by atoms with Gasteiger partial charge >= 0.3 is 10.4 Å². The topological polar surface area (TPSA) is 89.6 Å². The van der Waals surface area contributed by atoms with E-state index in [1.54, 1.807) is 0 Å². The van der Waals surface area contributed by atoms with Gasteiger partial charge in [-0.05, 0) is 6.42 Å². The molecule has 1 unspecified atom stereocenters. The van der Waals surface area contributed by atoms with Crippen LogP contribution in [-0.4, -0.2) is 25.6 Å². The van der Waals surface area contributed by atoms with Crippen LogP contribution in [0.1, 0.15) is 77.6 Å². The number of nitrogens with two attached hydrogens (primary N) is 1. The Bertz CT molecular complexity index is 306. The van der Waals surface area contributed by atoms with Crippen molar-refractivity contribution in [3.8, 4) is 0 Å². The molecule has 0 aliphatic carbocycles. The third-order valence-electron chi connectivity index (χ3n) is 3.40. The minimum absolute atomic E-state index is 0.108. The molecule has 0 radical (unpaired) electrons. The fourth-order valence-electron chi connectivity index (χ4n) is 2.24. The molecule has 122 valence electrons. The van der Waals surface area contributed by atoms with E-state index in [2.05, 4.69) is 11.1 Å². The van der Waals surface area contributed by atoms with Crippen LogP contribution in [0.15, 0.2) is 0 Å². The Kier molecular flexibility index (Phi) is 12.5. The van der Waals surface area contributed by atoms with Gasteiger partial charge in [0.05, 0.1) is 6.10 Å². The summed E-state index contributed by atoms with van der Waals surface area (Å²) in [5.74, 6) is 0. The largest absolute Gasteiger partial charge is 0.397 e. The predicted molar refractivity (Wildman–Crippen MR) is 81.9 cm³/mol. The summed E-state index contributed by atoms with van der Waals surface area (Å²) in [7, 11) is -4.38. The van der Waals surface area contributed by atoms with Crippen LogP contribution >= 0.6 is 0 Å². The summed E-state index contributed by atoms with van der Waals surface area (Å²) >= 11 is 0. The first-order valence-corrected chi connectivity index (χ1v) is 9.22. The fraction of sp³-hybridized carbons (Fsp3) is 1.00. The zero-order valence-corrected chi connectivity index (χ0v) is 13.5. The molecule has 20 heavy (non-hydrogen) atoms. The molecule has 0 rings (SSSR count). The first-order valence-electron chi connectivity index (χ1n) is 7.85. The van der Waals surface area contributed by atoms with Crippen LogP contribution in [0.2, 0.25) is 0 Å². The van der Waals surface area contributed by atoms with Gasteiger partial charge in [-0.25, -0.2) is 4.18 Å². The van der Waals surface area contributed by atoms with Crippen molar-refractivity contribution in [2.24, 2.45) is 5.73 Å². The molecule has 0 fully saturated rings. The van der Waals surface area contributed by atoms with E-state index in [0.717, 1.165) is 19.3 Å². The monoisotopic (exact) mass is 309 g/mol. The lowest BCUT2D eigenvalue weighted by Gasteiger charge is -2.12. The number of hydrogen-bond donors (Lipinski definition) is 2. The second-order valence-corrected chi connectivity index (χ2v) is 6.40. The second kappa shape index (κ2) is 12.6. The fourth-order valence-corrected chi connectivity index (χ4v) is 2.76. The van der Waals surface area contributed by atoms with Gasteiger partial charge < -0.3 is 5.73 Å². The molecule has 3 N–H and O–H groups in total. The molecule has 0 aromatic heterocycles. The highest BCUT2D eigenvalue weighted by atomic mass is 32.3. The summed E-state index contributed by atoms with van der Waals surface area (Å²) in [5, 5.41) is 0. The highest BCUT2D eigenvalue weighted by Crippen LogP contribution is 2.13. The van der Waals surface area contributed by atoms with Crippen molar-refractivity contribution in [1.82, 2.24) is 0 Å². The van der Waals surface area contributed by atoms with Crippen molar-refractivity contribution < 1.29 is 17.2 Å². The van der Waals surface area contributed by atoms with E-state index in [0.29, 0.717) is 6.42 Å². The maximum atomic E-state index is 10.6. The Morgan fingerprint density at radius 3 is 1.80 bits per heavy atom. The molecular weight excluding hydrogens is 278 g/mol. The Morgan fingerprint density at radius 1 is 0.950 bits per heavy atom. The van der Waals surface area contributed by atoms with Crippen LogP contribution in [0.3, 0.4) is 0 Å². The Morgan fingerprint density at radius 2 is 1.40 bits per heavy atom. The smallest absolute Gasteiger partial charge is 0.328 e. The third-order valence-corrected chi connectivity index (χ3v) is 3.92. The highest BCUT2D eigenvalue weighted by molar-refractivity contribution is 7.80. The van der Waals surface area contributed by atoms with Crippen LogP contribution in [0.4, 0.5) is 0 Å². The summed E-state index contributed by atoms with van der Waals surface area (Å²) in [6, 6.07) is 0. The van der Waals surface area contributed by atoms with Crippen LogP contribution in [0, 0.1) is 0 Å². The molecule has 0 aliphatic heterocycles. The maximum Gasteiger partial charge on any atom is 0.397 e. The molecule has 0 saturated carbocycles. The van der Waals surface area contributed by atoms with Crippen molar-refractivity contribution in [1.29, 1.82) is 0 Å². The molecule has 0 aromatic rings. The standard InChI is InChI=1S/C14H31NO4S/c1-2-3-4-5-6-7-8-9-10-11-12-14(13-15)19-20(16,17)18/h14H,2-13,15H2,1H3,(H,16,17,18). The van der Waals surface area contributed by atoms with Crippen molar-refractivity contribution in [2.75, 3.05) is 6.54 Å². The Balaban J connectivity index is 3.38. The zero-order valence-electron chi connectivity index (χ0n) is 12.7. The quantitative estimate of drug-likeness (QED) is 0.379. The third kappa shape index (κ3) is 14.2. The van der Waals surface area contributed by atoms with Crippen molar-refractivity contribution in [3.05, 3.63) is 0 Å².